The number of hydrogen-bond acceptors (Lipinski definition) is 6. The van der Waals surface area contributed by atoms with Gasteiger partial charge in [0.15, 0.2) is 17.6 Å². The number of esters is 1. The first kappa shape index (κ1) is 17.8. The van der Waals surface area contributed by atoms with E-state index in [-0.39, 0.29) is 0 Å². The minimum absolute atomic E-state index is 0.388. The number of nitrogens with one attached hydrogen (secondary N) is 1. The summed E-state index contributed by atoms with van der Waals surface area (Å²) in [5.41, 5.74) is 0.923. The Hall–Kier alpha value is -3.61. The minimum Gasteiger partial charge on any atom is -0.486 e. The summed E-state index contributed by atoms with van der Waals surface area (Å²) in [6.45, 7) is 2.48. The summed E-state index contributed by atoms with van der Waals surface area (Å²) in [7, 11) is 0. The molecule has 0 bridgehead atoms. The largest absolute Gasteiger partial charge is 0.486 e. The molecule has 0 saturated heterocycles. The van der Waals surface area contributed by atoms with Crippen LogP contribution in [0.1, 0.15) is 17.3 Å². The first-order chi connectivity index (χ1) is 13.6. The molecule has 0 spiro atoms. The number of hydrogen-bond donors (Lipinski definition) is 1. The van der Waals surface area contributed by atoms with Crippen molar-refractivity contribution >= 4 is 28.3 Å². The van der Waals surface area contributed by atoms with Crippen molar-refractivity contribution in [3.63, 3.8) is 0 Å². The van der Waals surface area contributed by atoms with Gasteiger partial charge in [-0.15, -0.1) is 0 Å². The molecule has 7 nitrogen and oxygen atoms in total. The van der Waals surface area contributed by atoms with Crippen LogP contribution in [0.3, 0.4) is 0 Å². The SMILES string of the molecule is C[C@H](OC(=O)c1cccc2cnccc12)C(=O)Nc1ccc2c(c1)OCCO2. The minimum atomic E-state index is -0.974. The maximum atomic E-state index is 12.6. The summed E-state index contributed by atoms with van der Waals surface area (Å²) in [6, 6.07) is 12.1. The Bertz CT molecular complexity index is 1040. The van der Waals surface area contributed by atoms with Crippen molar-refractivity contribution in [1.82, 2.24) is 4.98 Å². The Morgan fingerprint density at radius 2 is 1.93 bits per heavy atom. The second-order valence-corrected chi connectivity index (χ2v) is 6.30. The molecule has 2 aromatic carbocycles. The molecule has 28 heavy (non-hydrogen) atoms. The molecule has 0 saturated carbocycles. The number of amides is 1. The number of ether oxygens (including phenoxy) is 3. The number of nitrogens with zero attached hydrogens (tertiary/aromatic N) is 1. The molecule has 1 amide bonds. The van der Waals surface area contributed by atoms with E-state index in [2.05, 4.69) is 10.3 Å². The summed E-state index contributed by atoms with van der Waals surface area (Å²) >= 11 is 0. The zero-order valence-electron chi connectivity index (χ0n) is 15.2. The standard InChI is InChI=1S/C21H18N2O5/c1-13(20(24)23-15-5-6-18-19(11-15)27-10-9-26-18)28-21(25)17-4-2-3-14-12-22-8-7-16(14)17/h2-8,11-13H,9-10H2,1H3,(H,23,24)/t13-/m0/s1. The summed E-state index contributed by atoms with van der Waals surface area (Å²) in [4.78, 5) is 29.0. The molecule has 142 valence electrons. The first-order valence-electron chi connectivity index (χ1n) is 8.86. The third-order valence-corrected chi connectivity index (χ3v) is 4.36. The number of carbonyl (C=O) groups is 2. The van der Waals surface area contributed by atoms with Crippen LogP contribution < -0.4 is 14.8 Å². The molecule has 0 aliphatic carbocycles. The van der Waals surface area contributed by atoms with Gasteiger partial charge in [0.2, 0.25) is 0 Å². The highest BCUT2D eigenvalue weighted by Crippen LogP contribution is 2.32. The van der Waals surface area contributed by atoms with Crippen LogP contribution in [0.15, 0.2) is 54.9 Å². The van der Waals surface area contributed by atoms with E-state index >= 15 is 0 Å². The highest BCUT2D eigenvalue weighted by molar-refractivity contribution is 6.05. The van der Waals surface area contributed by atoms with Crippen LogP contribution in [0.25, 0.3) is 10.8 Å². The molecule has 1 aliphatic heterocycles. The lowest BCUT2D eigenvalue weighted by Gasteiger charge is -2.19. The molecule has 1 N–H and O–H groups in total. The third kappa shape index (κ3) is 3.59. The Kier molecular flexibility index (Phi) is 4.80. The fourth-order valence-corrected chi connectivity index (χ4v) is 2.94. The Morgan fingerprint density at radius 1 is 1.11 bits per heavy atom. The van der Waals surface area contributed by atoms with E-state index in [1.165, 1.54) is 6.92 Å². The van der Waals surface area contributed by atoms with Gasteiger partial charge in [-0.1, -0.05) is 12.1 Å². The maximum absolute atomic E-state index is 12.6. The molecule has 4 rings (SSSR count). The van der Waals surface area contributed by atoms with Crippen LogP contribution in [0, 0.1) is 0 Å². The fraction of sp³-hybridized carbons (Fsp3) is 0.190. The predicted molar refractivity (Wildman–Crippen MR) is 103 cm³/mol. The van der Waals surface area contributed by atoms with Crippen molar-refractivity contribution in [1.29, 1.82) is 0 Å². The van der Waals surface area contributed by atoms with E-state index in [0.717, 1.165) is 10.8 Å². The molecule has 1 aromatic heterocycles. The van der Waals surface area contributed by atoms with Crippen LogP contribution in [0.4, 0.5) is 5.69 Å². The number of benzene rings is 2. The topological polar surface area (TPSA) is 86.8 Å². The van der Waals surface area contributed by atoms with E-state index in [0.29, 0.717) is 36.0 Å². The van der Waals surface area contributed by atoms with Crippen molar-refractivity contribution < 1.29 is 23.8 Å². The molecule has 1 aliphatic rings. The summed E-state index contributed by atoms with van der Waals surface area (Å²) in [5, 5.41) is 4.27. The van der Waals surface area contributed by atoms with Crippen molar-refractivity contribution in [2.24, 2.45) is 0 Å². The van der Waals surface area contributed by atoms with E-state index in [4.69, 9.17) is 14.2 Å². The van der Waals surface area contributed by atoms with Gasteiger partial charge < -0.3 is 19.5 Å². The highest BCUT2D eigenvalue weighted by Gasteiger charge is 2.21. The van der Waals surface area contributed by atoms with Gasteiger partial charge in [-0.05, 0) is 36.6 Å². The van der Waals surface area contributed by atoms with Crippen LogP contribution in [-0.2, 0) is 9.53 Å². The Morgan fingerprint density at radius 3 is 2.79 bits per heavy atom. The first-order valence-corrected chi connectivity index (χ1v) is 8.86. The zero-order valence-corrected chi connectivity index (χ0v) is 15.2. The second kappa shape index (κ2) is 7.56. The number of fused-ring (bicyclic) bond motifs is 2. The zero-order chi connectivity index (χ0) is 19.5. The van der Waals surface area contributed by atoms with Crippen LogP contribution in [0.5, 0.6) is 11.5 Å². The smallest absolute Gasteiger partial charge is 0.339 e. The van der Waals surface area contributed by atoms with Gasteiger partial charge in [-0.3, -0.25) is 9.78 Å². The van der Waals surface area contributed by atoms with Crippen molar-refractivity contribution in [3.05, 3.63) is 60.4 Å². The molecular weight excluding hydrogens is 360 g/mol. The molecule has 0 fully saturated rings. The van der Waals surface area contributed by atoms with Crippen molar-refractivity contribution in [3.8, 4) is 11.5 Å². The van der Waals surface area contributed by atoms with Gasteiger partial charge >= 0.3 is 5.97 Å². The summed E-state index contributed by atoms with van der Waals surface area (Å²) in [5.74, 6) is 0.195. The molecule has 2 heterocycles. The van der Waals surface area contributed by atoms with Gasteiger partial charge in [0.05, 0.1) is 5.56 Å². The quantitative estimate of drug-likeness (QED) is 0.702. The van der Waals surface area contributed by atoms with Crippen molar-refractivity contribution in [2.75, 3.05) is 18.5 Å². The van der Waals surface area contributed by atoms with Gasteiger partial charge in [0, 0.05) is 29.5 Å². The number of pyridine rings is 1. The lowest BCUT2D eigenvalue weighted by molar-refractivity contribution is -0.123. The molecule has 0 radical (unpaired) electrons. The maximum Gasteiger partial charge on any atom is 0.339 e. The molecule has 1 atom stereocenters. The third-order valence-electron chi connectivity index (χ3n) is 4.36. The summed E-state index contributed by atoms with van der Waals surface area (Å²) < 4.78 is 16.3. The number of carbonyl (C=O) groups excluding carboxylic acids is 2. The summed E-state index contributed by atoms with van der Waals surface area (Å²) in [6.07, 6.45) is 2.30. The van der Waals surface area contributed by atoms with E-state index in [1.54, 1.807) is 48.8 Å². The Balaban J connectivity index is 1.45. The predicted octanol–water partition coefficient (Wildman–Crippen LogP) is 3.19. The van der Waals surface area contributed by atoms with E-state index in [1.807, 2.05) is 6.07 Å². The fourth-order valence-electron chi connectivity index (χ4n) is 2.94. The molecule has 0 unspecified atom stereocenters. The highest BCUT2D eigenvalue weighted by atomic mass is 16.6. The van der Waals surface area contributed by atoms with Gasteiger partial charge in [-0.2, -0.15) is 0 Å². The monoisotopic (exact) mass is 378 g/mol. The lowest BCUT2D eigenvalue weighted by Crippen LogP contribution is -2.30. The van der Waals surface area contributed by atoms with Gasteiger partial charge in [0.25, 0.3) is 5.91 Å². The van der Waals surface area contributed by atoms with E-state index in [9.17, 15) is 9.59 Å². The Labute approximate surface area is 161 Å². The second-order valence-electron chi connectivity index (χ2n) is 6.30. The number of anilines is 1. The molecule has 7 heteroatoms. The van der Waals surface area contributed by atoms with Crippen molar-refractivity contribution in [2.45, 2.75) is 13.0 Å². The average molecular weight is 378 g/mol. The van der Waals surface area contributed by atoms with Crippen LogP contribution in [-0.4, -0.2) is 36.2 Å². The number of aromatic nitrogens is 1. The number of rotatable bonds is 4. The van der Waals surface area contributed by atoms with Crippen LogP contribution in [0.2, 0.25) is 0 Å². The molecular formula is C21H18N2O5. The molecule has 3 aromatic rings. The lowest BCUT2D eigenvalue weighted by atomic mass is 10.1. The average Bonchev–Trinajstić information content (AvgIpc) is 2.73. The van der Waals surface area contributed by atoms with Gasteiger partial charge in [0.1, 0.15) is 13.2 Å². The van der Waals surface area contributed by atoms with E-state index < -0.39 is 18.0 Å². The van der Waals surface area contributed by atoms with Gasteiger partial charge in [-0.25, -0.2) is 4.79 Å². The van der Waals surface area contributed by atoms with Crippen LogP contribution >= 0.6 is 0 Å². The normalized spacial score (nSPS) is 13.6.